The summed E-state index contributed by atoms with van der Waals surface area (Å²) in [5.41, 5.74) is 0. The van der Waals surface area contributed by atoms with E-state index in [-0.39, 0.29) is 18.9 Å². The van der Waals surface area contributed by atoms with Crippen LogP contribution in [0.5, 0.6) is 0 Å². The normalized spacial score (nSPS) is 12.3. The van der Waals surface area contributed by atoms with E-state index in [1.54, 1.807) is 6.20 Å². The first-order valence-corrected chi connectivity index (χ1v) is 6.81. The lowest BCUT2D eigenvalue weighted by molar-refractivity contribution is -0.137. The molecule has 1 aromatic heterocycles. The summed E-state index contributed by atoms with van der Waals surface area (Å²) >= 11 is 0. The first-order chi connectivity index (χ1) is 9.49. The smallest absolute Gasteiger partial charge is 0.303 e. The van der Waals surface area contributed by atoms with Gasteiger partial charge in [0.25, 0.3) is 0 Å². The summed E-state index contributed by atoms with van der Waals surface area (Å²) in [6.45, 7) is 4.85. The molecule has 2 N–H and O–H groups in total. The van der Waals surface area contributed by atoms with E-state index in [1.807, 2.05) is 0 Å². The SMILES string of the molecule is CC(C)C(CCNC(=O)Cn1ccnn1)CCC(=O)O. The van der Waals surface area contributed by atoms with Crippen LogP contribution in [0.25, 0.3) is 0 Å². The van der Waals surface area contributed by atoms with E-state index in [9.17, 15) is 9.59 Å². The predicted molar refractivity (Wildman–Crippen MR) is 72.8 cm³/mol. The average Bonchev–Trinajstić information content (AvgIpc) is 2.85. The van der Waals surface area contributed by atoms with Crippen LogP contribution in [-0.4, -0.2) is 38.5 Å². The van der Waals surface area contributed by atoms with Crippen molar-refractivity contribution in [3.63, 3.8) is 0 Å². The highest BCUT2D eigenvalue weighted by Crippen LogP contribution is 2.20. The lowest BCUT2D eigenvalue weighted by Crippen LogP contribution is -2.30. The third-order valence-corrected chi connectivity index (χ3v) is 3.29. The molecule has 7 nitrogen and oxygen atoms in total. The number of rotatable bonds is 9. The van der Waals surface area contributed by atoms with Crippen LogP contribution in [0, 0.1) is 11.8 Å². The van der Waals surface area contributed by atoms with E-state index in [2.05, 4.69) is 29.5 Å². The minimum absolute atomic E-state index is 0.115. The maximum absolute atomic E-state index is 11.6. The van der Waals surface area contributed by atoms with Gasteiger partial charge in [-0.2, -0.15) is 0 Å². The molecule has 0 aliphatic heterocycles. The van der Waals surface area contributed by atoms with Gasteiger partial charge in [0, 0.05) is 19.2 Å². The van der Waals surface area contributed by atoms with Gasteiger partial charge in [0.1, 0.15) is 6.54 Å². The van der Waals surface area contributed by atoms with E-state index in [1.165, 1.54) is 10.9 Å². The van der Waals surface area contributed by atoms with E-state index in [4.69, 9.17) is 5.11 Å². The van der Waals surface area contributed by atoms with E-state index in [0.717, 1.165) is 6.42 Å². The van der Waals surface area contributed by atoms with Crippen LogP contribution >= 0.6 is 0 Å². The van der Waals surface area contributed by atoms with Gasteiger partial charge in [0.05, 0.1) is 6.20 Å². The van der Waals surface area contributed by atoms with Crippen molar-refractivity contribution in [2.24, 2.45) is 11.8 Å². The van der Waals surface area contributed by atoms with Crippen LogP contribution in [0.4, 0.5) is 0 Å². The number of carboxylic acids is 1. The Kier molecular flexibility index (Phi) is 6.69. The van der Waals surface area contributed by atoms with Gasteiger partial charge in [0.2, 0.25) is 5.91 Å². The van der Waals surface area contributed by atoms with Crippen LogP contribution in [0.3, 0.4) is 0 Å². The third-order valence-electron chi connectivity index (χ3n) is 3.29. The second-order valence-electron chi connectivity index (χ2n) is 5.18. The minimum Gasteiger partial charge on any atom is -0.481 e. The molecule has 0 bridgehead atoms. The van der Waals surface area contributed by atoms with Gasteiger partial charge >= 0.3 is 5.97 Å². The predicted octanol–water partition coefficient (Wildman–Crippen LogP) is 0.921. The van der Waals surface area contributed by atoms with Crippen LogP contribution < -0.4 is 5.32 Å². The number of nitrogens with zero attached hydrogens (tertiary/aromatic N) is 3. The topological polar surface area (TPSA) is 97.1 Å². The molecule has 0 saturated carbocycles. The Morgan fingerprint density at radius 3 is 2.65 bits per heavy atom. The summed E-state index contributed by atoms with van der Waals surface area (Å²) < 4.78 is 1.46. The second kappa shape index (κ2) is 8.29. The van der Waals surface area contributed by atoms with Crippen molar-refractivity contribution in [3.8, 4) is 0 Å². The van der Waals surface area contributed by atoms with Crippen molar-refractivity contribution in [1.29, 1.82) is 0 Å². The van der Waals surface area contributed by atoms with Gasteiger partial charge in [-0.05, 0) is 24.7 Å². The van der Waals surface area contributed by atoms with Crippen molar-refractivity contribution in [2.75, 3.05) is 6.54 Å². The fourth-order valence-electron chi connectivity index (χ4n) is 2.04. The molecular weight excluding hydrogens is 260 g/mol. The van der Waals surface area contributed by atoms with Crippen molar-refractivity contribution < 1.29 is 14.7 Å². The van der Waals surface area contributed by atoms with Crippen molar-refractivity contribution in [3.05, 3.63) is 12.4 Å². The first kappa shape index (κ1) is 16.1. The number of carbonyl (C=O) groups is 2. The molecule has 20 heavy (non-hydrogen) atoms. The minimum atomic E-state index is -0.772. The van der Waals surface area contributed by atoms with Crippen LogP contribution in [0.2, 0.25) is 0 Å². The average molecular weight is 282 g/mol. The highest BCUT2D eigenvalue weighted by molar-refractivity contribution is 5.75. The summed E-state index contributed by atoms with van der Waals surface area (Å²) in [6.07, 6.45) is 4.76. The Hall–Kier alpha value is -1.92. The zero-order valence-electron chi connectivity index (χ0n) is 12.0. The summed E-state index contributed by atoms with van der Waals surface area (Å²) in [4.78, 5) is 22.2. The molecule has 1 amide bonds. The molecular formula is C13H22N4O3. The molecule has 0 aliphatic rings. The Morgan fingerprint density at radius 2 is 2.10 bits per heavy atom. The Bertz CT molecular complexity index is 417. The van der Waals surface area contributed by atoms with Gasteiger partial charge in [-0.15, -0.1) is 5.10 Å². The zero-order chi connectivity index (χ0) is 15.0. The third kappa shape index (κ3) is 6.31. The monoisotopic (exact) mass is 282 g/mol. The van der Waals surface area contributed by atoms with Crippen molar-refractivity contribution >= 4 is 11.9 Å². The number of amides is 1. The van der Waals surface area contributed by atoms with E-state index < -0.39 is 5.97 Å². The summed E-state index contributed by atoms with van der Waals surface area (Å²) in [5.74, 6) is -0.179. The van der Waals surface area contributed by atoms with Gasteiger partial charge < -0.3 is 10.4 Å². The van der Waals surface area contributed by atoms with Gasteiger partial charge in [-0.3, -0.25) is 9.59 Å². The lowest BCUT2D eigenvalue weighted by Gasteiger charge is -2.20. The fraction of sp³-hybridized carbons (Fsp3) is 0.692. The number of hydrogen-bond donors (Lipinski definition) is 2. The number of aromatic nitrogens is 3. The summed E-state index contributed by atoms with van der Waals surface area (Å²) in [6, 6.07) is 0. The quantitative estimate of drug-likeness (QED) is 0.702. The van der Waals surface area contributed by atoms with Crippen molar-refractivity contribution in [2.45, 2.75) is 39.7 Å². The van der Waals surface area contributed by atoms with E-state index in [0.29, 0.717) is 24.8 Å². The molecule has 112 valence electrons. The number of aliphatic carboxylic acids is 1. The van der Waals surface area contributed by atoms with Crippen molar-refractivity contribution in [1.82, 2.24) is 20.3 Å². The Balaban J connectivity index is 2.25. The molecule has 1 atom stereocenters. The summed E-state index contributed by atoms with van der Waals surface area (Å²) in [5, 5.41) is 18.9. The molecule has 1 aromatic rings. The maximum atomic E-state index is 11.6. The van der Waals surface area contributed by atoms with Crippen LogP contribution in [0.1, 0.15) is 33.1 Å². The van der Waals surface area contributed by atoms with Crippen LogP contribution in [0.15, 0.2) is 12.4 Å². The number of carboxylic acid groups (broad SMARTS) is 1. The molecule has 1 rings (SSSR count). The largest absolute Gasteiger partial charge is 0.481 e. The molecule has 0 aromatic carbocycles. The highest BCUT2D eigenvalue weighted by Gasteiger charge is 2.15. The number of nitrogens with one attached hydrogen (secondary N) is 1. The lowest BCUT2D eigenvalue weighted by atomic mass is 9.88. The number of hydrogen-bond acceptors (Lipinski definition) is 4. The van der Waals surface area contributed by atoms with Gasteiger partial charge in [-0.1, -0.05) is 19.1 Å². The Morgan fingerprint density at radius 1 is 1.35 bits per heavy atom. The first-order valence-electron chi connectivity index (χ1n) is 6.81. The molecule has 1 heterocycles. The van der Waals surface area contributed by atoms with Gasteiger partial charge in [0.15, 0.2) is 0 Å². The maximum Gasteiger partial charge on any atom is 0.303 e. The zero-order valence-corrected chi connectivity index (χ0v) is 12.0. The number of carbonyl (C=O) groups excluding carboxylic acids is 1. The standard InChI is InChI=1S/C13H22N4O3/c1-10(2)11(3-4-13(19)20)5-6-14-12(18)9-17-8-7-15-16-17/h7-8,10-11H,3-6,9H2,1-2H3,(H,14,18)(H,19,20). The second-order valence-corrected chi connectivity index (χ2v) is 5.18. The molecule has 1 unspecified atom stereocenters. The fourth-order valence-corrected chi connectivity index (χ4v) is 2.04. The summed E-state index contributed by atoms with van der Waals surface area (Å²) in [7, 11) is 0. The molecule has 0 radical (unpaired) electrons. The van der Waals surface area contributed by atoms with Gasteiger partial charge in [-0.25, -0.2) is 4.68 Å². The Labute approximate surface area is 118 Å². The molecule has 0 saturated heterocycles. The molecule has 0 fully saturated rings. The molecule has 0 aliphatic carbocycles. The molecule has 7 heteroatoms. The highest BCUT2D eigenvalue weighted by atomic mass is 16.4. The molecule has 0 spiro atoms. The van der Waals surface area contributed by atoms with Crippen LogP contribution in [-0.2, 0) is 16.1 Å². The van der Waals surface area contributed by atoms with E-state index >= 15 is 0 Å².